The van der Waals surface area contributed by atoms with Gasteiger partial charge < -0.3 is 10.1 Å². The Bertz CT molecular complexity index is 824. The van der Waals surface area contributed by atoms with E-state index in [0.29, 0.717) is 0 Å². The predicted molar refractivity (Wildman–Crippen MR) is 105 cm³/mol. The monoisotopic (exact) mass is 410 g/mol. The maximum Gasteiger partial charge on any atom is 0.253 e. The van der Waals surface area contributed by atoms with Gasteiger partial charge in [-0.2, -0.15) is 0 Å². The van der Waals surface area contributed by atoms with Gasteiger partial charge in [0, 0.05) is 25.7 Å². The molecule has 7 heteroatoms. The van der Waals surface area contributed by atoms with Gasteiger partial charge in [0.15, 0.2) is 0 Å². The molecule has 0 saturated carbocycles. The van der Waals surface area contributed by atoms with Gasteiger partial charge in [-0.3, -0.25) is 9.69 Å². The number of halogens is 3. The van der Waals surface area contributed by atoms with Crippen molar-refractivity contribution in [2.24, 2.45) is 0 Å². The lowest BCUT2D eigenvalue weighted by Crippen LogP contribution is -2.44. The van der Waals surface area contributed by atoms with Crippen LogP contribution in [0.3, 0.4) is 0 Å². The van der Waals surface area contributed by atoms with Gasteiger partial charge in [0.05, 0.1) is 22.7 Å². The molecular formula is C20H21Cl2FN2O2. The van der Waals surface area contributed by atoms with Gasteiger partial charge in [-0.1, -0.05) is 35.3 Å². The standard InChI is InChI=1S/C20H21Cl2FN2O2/c1-27-15-4-2-3-13(9-15)12-25-7-5-14(6-8-25)24-20(26)16-10-19(23)18(22)11-17(16)21/h2-4,9-11,14H,5-8,12H2,1H3,(H,24,26). The zero-order chi connectivity index (χ0) is 19.4. The van der Waals surface area contributed by atoms with E-state index in [2.05, 4.69) is 16.3 Å². The van der Waals surface area contributed by atoms with E-state index in [1.54, 1.807) is 7.11 Å². The lowest BCUT2D eigenvalue weighted by Gasteiger charge is -2.32. The number of piperidine rings is 1. The van der Waals surface area contributed by atoms with Crippen LogP contribution in [0.5, 0.6) is 5.75 Å². The number of carbonyl (C=O) groups excluding carboxylic acids is 1. The molecule has 1 amide bonds. The molecule has 0 aliphatic carbocycles. The molecule has 0 bridgehead atoms. The van der Waals surface area contributed by atoms with Crippen molar-refractivity contribution in [1.29, 1.82) is 0 Å². The average Bonchev–Trinajstić information content (AvgIpc) is 2.66. The fourth-order valence-electron chi connectivity index (χ4n) is 3.22. The van der Waals surface area contributed by atoms with Crippen LogP contribution in [0.1, 0.15) is 28.8 Å². The Balaban J connectivity index is 1.53. The molecule has 27 heavy (non-hydrogen) atoms. The SMILES string of the molecule is COc1cccc(CN2CCC(NC(=O)c3cc(F)c(Cl)cc3Cl)CC2)c1. The molecule has 0 atom stereocenters. The number of rotatable bonds is 5. The second-order valence-corrected chi connectivity index (χ2v) is 7.44. The third-order valence-corrected chi connectivity index (χ3v) is 5.32. The van der Waals surface area contributed by atoms with E-state index in [-0.39, 0.29) is 27.6 Å². The molecule has 0 aromatic heterocycles. The number of hydrogen-bond donors (Lipinski definition) is 1. The molecule has 1 aliphatic rings. The number of benzene rings is 2. The van der Waals surface area contributed by atoms with E-state index >= 15 is 0 Å². The summed E-state index contributed by atoms with van der Waals surface area (Å²) in [5.41, 5.74) is 1.30. The van der Waals surface area contributed by atoms with E-state index in [0.717, 1.165) is 44.3 Å². The van der Waals surface area contributed by atoms with Crippen molar-refractivity contribution in [1.82, 2.24) is 10.2 Å². The highest BCUT2D eigenvalue weighted by Gasteiger charge is 2.23. The highest BCUT2D eigenvalue weighted by Crippen LogP contribution is 2.25. The molecule has 0 radical (unpaired) electrons. The van der Waals surface area contributed by atoms with E-state index in [1.807, 2.05) is 18.2 Å². The molecule has 4 nitrogen and oxygen atoms in total. The van der Waals surface area contributed by atoms with Crippen molar-refractivity contribution in [3.05, 3.63) is 63.4 Å². The van der Waals surface area contributed by atoms with Crippen molar-refractivity contribution >= 4 is 29.1 Å². The first-order chi connectivity index (χ1) is 13.0. The Kier molecular flexibility index (Phi) is 6.58. The molecule has 144 valence electrons. The van der Waals surface area contributed by atoms with Crippen LogP contribution in [0.15, 0.2) is 36.4 Å². The highest BCUT2D eigenvalue weighted by atomic mass is 35.5. The molecule has 1 aliphatic heterocycles. The van der Waals surface area contributed by atoms with Crippen molar-refractivity contribution in [3.63, 3.8) is 0 Å². The molecule has 0 unspecified atom stereocenters. The third kappa shape index (κ3) is 5.12. The lowest BCUT2D eigenvalue weighted by atomic mass is 10.0. The summed E-state index contributed by atoms with van der Waals surface area (Å²) in [5.74, 6) is -0.178. The number of nitrogens with one attached hydrogen (secondary N) is 1. The van der Waals surface area contributed by atoms with E-state index in [4.69, 9.17) is 27.9 Å². The van der Waals surface area contributed by atoms with Gasteiger partial charge in [-0.25, -0.2) is 4.39 Å². The zero-order valence-corrected chi connectivity index (χ0v) is 16.5. The van der Waals surface area contributed by atoms with Crippen LogP contribution in [-0.4, -0.2) is 37.0 Å². The molecule has 2 aromatic rings. The maximum absolute atomic E-state index is 13.6. The number of ether oxygens (including phenoxy) is 1. The van der Waals surface area contributed by atoms with Crippen molar-refractivity contribution < 1.29 is 13.9 Å². The molecule has 0 spiro atoms. The van der Waals surface area contributed by atoms with Gasteiger partial charge in [0.25, 0.3) is 5.91 Å². The summed E-state index contributed by atoms with van der Waals surface area (Å²) in [6, 6.07) is 10.4. The first-order valence-corrected chi connectivity index (χ1v) is 9.52. The minimum absolute atomic E-state index is 0.0360. The Labute approximate surface area is 168 Å². The summed E-state index contributed by atoms with van der Waals surface area (Å²) < 4.78 is 18.9. The summed E-state index contributed by atoms with van der Waals surface area (Å²) in [4.78, 5) is 14.7. The van der Waals surface area contributed by atoms with Crippen LogP contribution in [-0.2, 0) is 6.54 Å². The Morgan fingerprint density at radius 1 is 1.22 bits per heavy atom. The summed E-state index contributed by atoms with van der Waals surface area (Å²) in [7, 11) is 1.66. The number of amides is 1. The van der Waals surface area contributed by atoms with Gasteiger partial charge in [0.1, 0.15) is 11.6 Å². The van der Waals surface area contributed by atoms with Crippen molar-refractivity contribution in [3.8, 4) is 5.75 Å². The van der Waals surface area contributed by atoms with Crippen LogP contribution in [0.2, 0.25) is 10.0 Å². The summed E-state index contributed by atoms with van der Waals surface area (Å²) in [5, 5.41) is 3.00. The van der Waals surface area contributed by atoms with Gasteiger partial charge in [-0.05, 0) is 42.7 Å². The molecule has 1 heterocycles. The molecule has 2 aromatic carbocycles. The van der Waals surface area contributed by atoms with Crippen LogP contribution in [0, 0.1) is 5.82 Å². The largest absolute Gasteiger partial charge is 0.497 e. The van der Waals surface area contributed by atoms with Gasteiger partial charge in [0.2, 0.25) is 0 Å². The second kappa shape index (κ2) is 8.91. The second-order valence-electron chi connectivity index (χ2n) is 6.62. The van der Waals surface area contributed by atoms with Crippen LogP contribution in [0.25, 0.3) is 0 Å². The van der Waals surface area contributed by atoms with E-state index in [1.165, 1.54) is 11.6 Å². The fraction of sp³-hybridized carbons (Fsp3) is 0.350. The van der Waals surface area contributed by atoms with Crippen LogP contribution >= 0.6 is 23.2 Å². The first-order valence-electron chi connectivity index (χ1n) is 8.77. The van der Waals surface area contributed by atoms with E-state index in [9.17, 15) is 9.18 Å². The summed E-state index contributed by atoms with van der Waals surface area (Å²) in [6.45, 7) is 2.57. The number of carbonyl (C=O) groups is 1. The zero-order valence-electron chi connectivity index (χ0n) is 15.0. The number of methoxy groups -OCH3 is 1. The summed E-state index contributed by atoms with van der Waals surface area (Å²) >= 11 is 11.7. The molecule has 1 saturated heterocycles. The Morgan fingerprint density at radius 2 is 1.96 bits per heavy atom. The molecule has 1 N–H and O–H groups in total. The molecule has 1 fully saturated rings. The predicted octanol–water partition coefficient (Wildman–Crippen LogP) is 4.54. The fourth-order valence-corrected chi connectivity index (χ4v) is 3.69. The van der Waals surface area contributed by atoms with Crippen molar-refractivity contribution in [2.75, 3.05) is 20.2 Å². The van der Waals surface area contributed by atoms with Gasteiger partial charge >= 0.3 is 0 Å². The highest BCUT2D eigenvalue weighted by molar-refractivity contribution is 6.36. The lowest BCUT2D eigenvalue weighted by molar-refractivity contribution is 0.0908. The topological polar surface area (TPSA) is 41.6 Å². The molecule has 3 rings (SSSR count). The minimum Gasteiger partial charge on any atom is -0.497 e. The Hall–Kier alpha value is -1.82. The smallest absolute Gasteiger partial charge is 0.253 e. The van der Waals surface area contributed by atoms with Gasteiger partial charge in [-0.15, -0.1) is 0 Å². The number of likely N-dealkylation sites (tertiary alicyclic amines) is 1. The number of nitrogens with zero attached hydrogens (tertiary/aromatic N) is 1. The number of hydrogen-bond acceptors (Lipinski definition) is 3. The van der Waals surface area contributed by atoms with E-state index < -0.39 is 5.82 Å². The Morgan fingerprint density at radius 3 is 2.67 bits per heavy atom. The summed E-state index contributed by atoms with van der Waals surface area (Å²) in [6.07, 6.45) is 1.65. The minimum atomic E-state index is -0.653. The quantitative estimate of drug-likeness (QED) is 0.735. The van der Waals surface area contributed by atoms with Crippen molar-refractivity contribution in [2.45, 2.75) is 25.4 Å². The first kappa shape index (κ1) is 19.9. The maximum atomic E-state index is 13.6. The molecular weight excluding hydrogens is 390 g/mol. The van der Waals surface area contributed by atoms with Crippen LogP contribution < -0.4 is 10.1 Å². The normalized spacial score (nSPS) is 15.6. The average molecular weight is 411 g/mol. The van der Waals surface area contributed by atoms with Crippen LogP contribution in [0.4, 0.5) is 4.39 Å². The third-order valence-electron chi connectivity index (χ3n) is 4.72.